The highest BCUT2D eigenvalue weighted by Gasteiger charge is 1.99. The molecule has 0 spiro atoms. The predicted molar refractivity (Wildman–Crippen MR) is 60.7 cm³/mol. The van der Waals surface area contributed by atoms with Gasteiger partial charge in [-0.05, 0) is 36.7 Å². The van der Waals surface area contributed by atoms with Crippen LogP contribution >= 0.6 is 27.5 Å². The SMILES string of the molecule is C=C(Cl)C(=C)CCC(Br)=C(C)C. The van der Waals surface area contributed by atoms with Crippen LogP contribution in [0.15, 0.2) is 33.8 Å². The predicted octanol–water partition coefficient (Wildman–Crippen LogP) is 4.76. The van der Waals surface area contributed by atoms with Gasteiger partial charge in [-0.2, -0.15) is 0 Å². The number of hydrogen-bond acceptors (Lipinski definition) is 0. The maximum atomic E-state index is 5.67. The van der Waals surface area contributed by atoms with E-state index >= 15 is 0 Å². The summed E-state index contributed by atoms with van der Waals surface area (Å²) < 4.78 is 1.22. The van der Waals surface area contributed by atoms with E-state index in [9.17, 15) is 0 Å². The smallest absolute Gasteiger partial charge is 0.0360 e. The normalized spacial score (nSPS) is 9.33. The van der Waals surface area contributed by atoms with Gasteiger partial charge < -0.3 is 0 Å². The van der Waals surface area contributed by atoms with Crippen molar-refractivity contribution in [2.24, 2.45) is 0 Å². The molecular weight excluding hydrogens is 235 g/mol. The van der Waals surface area contributed by atoms with Crippen molar-refractivity contribution in [3.05, 3.63) is 33.8 Å². The molecule has 0 heterocycles. The second kappa shape index (κ2) is 5.60. The first kappa shape index (κ1) is 12.0. The molecule has 0 aromatic rings. The Morgan fingerprint density at radius 1 is 1.25 bits per heavy atom. The summed E-state index contributed by atoms with van der Waals surface area (Å²) in [5, 5.41) is 0.559. The first-order valence-electron chi connectivity index (χ1n) is 3.79. The number of halogens is 2. The Morgan fingerprint density at radius 2 is 1.75 bits per heavy atom. The maximum Gasteiger partial charge on any atom is 0.0360 e. The van der Waals surface area contributed by atoms with E-state index in [0.29, 0.717) is 5.03 Å². The third-order valence-corrected chi connectivity index (χ3v) is 3.03. The van der Waals surface area contributed by atoms with Crippen molar-refractivity contribution >= 4 is 27.5 Å². The van der Waals surface area contributed by atoms with E-state index in [1.165, 1.54) is 10.1 Å². The number of hydrogen-bond donors (Lipinski definition) is 0. The topological polar surface area (TPSA) is 0 Å². The Bertz CT molecular complexity index is 222. The molecule has 0 atom stereocenters. The molecule has 0 aliphatic heterocycles. The fourth-order valence-electron chi connectivity index (χ4n) is 0.646. The van der Waals surface area contributed by atoms with Crippen molar-refractivity contribution in [2.75, 3.05) is 0 Å². The van der Waals surface area contributed by atoms with Crippen LogP contribution in [0.2, 0.25) is 0 Å². The van der Waals surface area contributed by atoms with Gasteiger partial charge in [0.15, 0.2) is 0 Å². The van der Waals surface area contributed by atoms with Crippen molar-refractivity contribution in [1.29, 1.82) is 0 Å². The van der Waals surface area contributed by atoms with E-state index in [-0.39, 0.29) is 0 Å². The molecular formula is C10H14BrCl. The molecule has 0 aliphatic carbocycles. The molecule has 0 nitrogen and oxygen atoms in total. The van der Waals surface area contributed by atoms with Gasteiger partial charge in [-0.3, -0.25) is 0 Å². The second-order valence-electron chi connectivity index (χ2n) is 2.91. The van der Waals surface area contributed by atoms with Gasteiger partial charge in [-0.15, -0.1) is 0 Å². The van der Waals surface area contributed by atoms with Crippen LogP contribution in [0.4, 0.5) is 0 Å². The first-order valence-corrected chi connectivity index (χ1v) is 4.96. The lowest BCUT2D eigenvalue weighted by Gasteiger charge is -2.03. The molecule has 0 fully saturated rings. The highest BCUT2D eigenvalue weighted by molar-refractivity contribution is 9.11. The Labute approximate surface area is 88.1 Å². The average Bonchev–Trinajstić information content (AvgIpc) is 1.98. The number of rotatable bonds is 4. The largest absolute Gasteiger partial charge is 0.0944 e. The van der Waals surface area contributed by atoms with Crippen molar-refractivity contribution < 1.29 is 0 Å². The van der Waals surface area contributed by atoms with E-state index in [2.05, 4.69) is 42.9 Å². The maximum absolute atomic E-state index is 5.67. The van der Waals surface area contributed by atoms with Gasteiger partial charge in [0.1, 0.15) is 0 Å². The van der Waals surface area contributed by atoms with Gasteiger partial charge in [-0.25, -0.2) is 0 Å². The lowest BCUT2D eigenvalue weighted by atomic mass is 10.1. The summed E-state index contributed by atoms with van der Waals surface area (Å²) in [6, 6.07) is 0. The van der Waals surface area contributed by atoms with Gasteiger partial charge in [-0.1, -0.05) is 46.3 Å². The molecule has 0 N–H and O–H groups in total. The van der Waals surface area contributed by atoms with E-state index in [1.807, 2.05) is 0 Å². The molecule has 0 saturated carbocycles. The molecule has 0 amide bonds. The summed E-state index contributed by atoms with van der Waals surface area (Å²) in [6.45, 7) is 11.6. The fraction of sp³-hybridized carbons (Fsp3) is 0.400. The molecule has 0 bridgehead atoms. The van der Waals surface area contributed by atoms with Crippen LogP contribution in [-0.2, 0) is 0 Å². The first-order chi connectivity index (χ1) is 5.45. The molecule has 0 radical (unpaired) electrons. The Kier molecular flexibility index (Phi) is 5.60. The molecule has 12 heavy (non-hydrogen) atoms. The minimum absolute atomic E-state index is 0.559. The zero-order chi connectivity index (χ0) is 9.72. The van der Waals surface area contributed by atoms with Crippen LogP contribution in [0.5, 0.6) is 0 Å². The second-order valence-corrected chi connectivity index (χ2v) is 4.33. The zero-order valence-corrected chi connectivity index (χ0v) is 9.93. The fourth-order valence-corrected chi connectivity index (χ4v) is 0.939. The monoisotopic (exact) mass is 248 g/mol. The van der Waals surface area contributed by atoms with E-state index in [4.69, 9.17) is 11.6 Å². The van der Waals surface area contributed by atoms with Gasteiger partial charge >= 0.3 is 0 Å². The summed E-state index contributed by atoms with van der Waals surface area (Å²) in [7, 11) is 0. The summed E-state index contributed by atoms with van der Waals surface area (Å²) in [4.78, 5) is 0. The lowest BCUT2D eigenvalue weighted by Crippen LogP contribution is -1.83. The van der Waals surface area contributed by atoms with Crippen LogP contribution in [0.25, 0.3) is 0 Å². The molecule has 0 aromatic carbocycles. The average molecular weight is 250 g/mol. The van der Waals surface area contributed by atoms with Gasteiger partial charge in [0.05, 0.1) is 0 Å². The van der Waals surface area contributed by atoms with Crippen molar-refractivity contribution in [3.8, 4) is 0 Å². The van der Waals surface area contributed by atoms with Crippen molar-refractivity contribution in [3.63, 3.8) is 0 Å². The van der Waals surface area contributed by atoms with E-state index in [1.54, 1.807) is 0 Å². The third kappa shape index (κ3) is 4.78. The summed E-state index contributed by atoms with van der Waals surface area (Å²) in [5.41, 5.74) is 2.21. The molecule has 68 valence electrons. The molecule has 2 heteroatoms. The Balaban J connectivity index is 3.94. The summed E-state index contributed by atoms with van der Waals surface area (Å²) in [5.74, 6) is 0. The molecule has 0 aromatic heterocycles. The van der Waals surface area contributed by atoms with Crippen LogP contribution in [-0.4, -0.2) is 0 Å². The van der Waals surface area contributed by atoms with E-state index < -0.39 is 0 Å². The number of allylic oxidation sites excluding steroid dienone is 4. The zero-order valence-electron chi connectivity index (χ0n) is 7.58. The van der Waals surface area contributed by atoms with Crippen molar-refractivity contribution in [2.45, 2.75) is 26.7 Å². The quantitative estimate of drug-likeness (QED) is 0.630. The minimum Gasteiger partial charge on any atom is -0.0944 e. The summed E-state index contributed by atoms with van der Waals surface area (Å²) >= 11 is 9.15. The van der Waals surface area contributed by atoms with Gasteiger partial charge in [0.25, 0.3) is 0 Å². The summed E-state index contributed by atoms with van der Waals surface area (Å²) in [6.07, 6.45) is 1.82. The van der Waals surface area contributed by atoms with Crippen LogP contribution in [0, 0.1) is 0 Å². The standard InChI is InChI=1S/C10H14BrCl/c1-7(2)10(11)6-5-8(3)9(4)12/h3-6H2,1-2H3. The minimum atomic E-state index is 0.559. The Morgan fingerprint density at radius 3 is 2.08 bits per heavy atom. The van der Waals surface area contributed by atoms with Crippen LogP contribution in [0.3, 0.4) is 0 Å². The third-order valence-electron chi connectivity index (χ3n) is 1.57. The van der Waals surface area contributed by atoms with Crippen LogP contribution < -0.4 is 0 Å². The van der Waals surface area contributed by atoms with Gasteiger partial charge in [0.2, 0.25) is 0 Å². The Hall–Kier alpha value is -0.0100. The molecule has 0 aliphatic rings. The molecule has 0 rings (SSSR count). The van der Waals surface area contributed by atoms with Gasteiger partial charge in [0, 0.05) is 5.03 Å². The molecule has 0 unspecified atom stereocenters. The van der Waals surface area contributed by atoms with E-state index in [0.717, 1.165) is 18.4 Å². The lowest BCUT2D eigenvalue weighted by molar-refractivity contribution is 0.984. The molecule has 0 saturated heterocycles. The highest BCUT2D eigenvalue weighted by atomic mass is 79.9. The highest BCUT2D eigenvalue weighted by Crippen LogP contribution is 2.23. The van der Waals surface area contributed by atoms with Crippen LogP contribution in [0.1, 0.15) is 26.7 Å². The van der Waals surface area contributed by atoms with Crippen molar-refractivity contribution in [1.82, 2.24) is 0 Å².